The largest absolute Gasteiger partial charge is 0.382 e. The molecule has 0 saturated heterocycles. The van der Waals surface area contributed by atoms with Gasteiger partial charge in [-0.3, -0.25) is 9.48 Å². The van der Waals surface area contributed by atoms with Crippen molar-refractivity contribution < 1.29 is 4.79 Å². The van der Waals surface area contributed by atoms with Crippen LogP contribution in [0.4, 0.5) is 11.6 Å². The molecule has 2 heterocycles. The first-order valence-electron chi connectivity index (χ1n) is 4.65. The van der Waals surface area contributed by atoms with Crippen LogP contribution in [0.3, 0.4) is 0 Å². The van der Waals surface area contributed by atoms with Crippen molar-refractivity contribution in [2.75, 3.05) is 11.1 Å². The van der Waals surface area contributed by atoms with E-state index in [0.29, 0.717) is 9.52 Å². The number of rotatable bonds is 2. The number of aryl methyl sites for hydroxylation is 1. The minimum atomic E-state index is -0.424. The van der Waals surface area contributed by atoms with E-state index in [0.717, 1.165) is 0 Å². The zero-order valence-electron chi connectivity index (χ0n) is 8.88. The minimum Gasteiger partial charge on any atom is -0.382 e. The highest BCUT2D eigenvalue weighted by Gasteiger charge is 2.14. The van der Waals surface area contributed by atoms with E-state index in [1.165, 1.54) is 6.20 Å². The van der Waals surface area contributed by atoms with Gasteiger partial charge in [0.15, 0.2) is 17.3 Å². The summed E-state index contributed by atoms with van der Waals surface area (Å²) in [5.74, 6) is 0.114. The molecule has 0 aliphatic heterocycles. The molecule has 0 aliphatic rings. The number of nitrogens with two attached hydrogens (primary N) is 1. The summed E-state index contributed by atoms with van der Waals surface area (Å²) in [6, 6.07) is 1.68. The van der Waals surface area contributed by atoms with Crippen molar-refractivity contribution in [3.63, 3.8) is 0 Å². The average molecular weight is 344 g/mol. The molecule has 17 heavy (non-hydrogen) atoms. The van der Waals surface area contributed by atoms with Gasteiger partial charge < -0.3 is 11.1 Å². The molecule has 1 amide bonds. The molecule has 0 saturated carbocycles. The van der Waals surface area contributed by atoms with Crippen molar-refractivity contribution in [2.45, 2.75) is 0 Å². The number of aromatic nitrogens is 4. The lowest BCUT2D eigenvalue weighted by Crippen LogP contribution is -2.17. The summed E-state index contributed by atoms with van der Waals surface area (Å²) in [7, 11) is 1.76. The number of nitrogens with one attached hydrogen (secondary N) is 1. The molecule has 2 rings (SSSR count). The van der Waals surface area contributed by atoms with Crippen LogP contribution in [0.25, 0.3) is 0 Å². The number of halogens is 1. The van der Waals surface area contributed by atoms with E-state index in [4.69, 9.17) is 5.73 Å². The lowest BCUT2D eigenvalue weighted by molar-refractivity contribution is 0.102. The van der Waals surface area contributed by atoms with Gasteiger partial charge in [-0.2, -0.15) is 5.10 Å². The van der Waals surface area contributed by atoms with E-state index in [1.807, 2.05) is 22.6 Å². The number of nitrogens with zero attached hydrogens (tertiary/aromatic N) is 4. The van der Waals surface area contributed by atoms with Crippen molar-refractivity contribution in [2.24, 2.45) is 7.05 Å². The second-order valence-corrected chi connectivity index (χ2v) is 4.36. The molecule has 0 aromatic carbocycles. The molecule has 0 spiro atoms. The summed E-state index contributed by atoms with van der Waals surface area (Å²) in [4.78, 5) is 19.7. The maximum Gasteiger partial charge on any atom is 0.279 e. The predicted molar refractivity (Wildman–Crippen MR) is 70.3 cm³/mol. The second kappa shape index (κ2) is 4.65. The number of hydrogen-bond donors (Lipinski definition) is 2. The molecule has 0 atom stereocenters. The summed E-state index contributed by atoms with van der Waals surface area (Å²) < 4.78 is 2.18. The number of nitrogen functional groups attached to an aromatic ring is 1. The highest BCUT2D eigenvalue weighted by Crippen LogP contribution is 2.10. The van der Waals surface area contributed by atoms with Gasteiger partial charge in [-0.15, -0.1) is 0 Å². The summed E-state index contributed by atoms with van der Waals surface area (Å²) in [5, 5.41) is 6.61. The lowest BCUT2D eigenvalue weighted by Gasteiger charge is -2.03. The molecular weight excluding hydrogens is 335 g/mol. The Bertz CT molecular complexity index is 566. The van der Waals surface area contributed by atoms with Gasteiger partial charge >= 0.3 is 0 Å². The summed E-state index contributed by atoms with van der Waals surface area (Å²) >= 11 is 1.96. The molecular formula is C9H9IN6O. The van der Waals surface area contributed by atoms with Crippen LogP contribution in [0.1, 0.15) is 10.5 Å². The van der Waals surface area contributed by atoms with Crippen LogP contribution in [0.2, 0.25) is 0 Å². The molecule has 0 bridgehead atoms. The highest BCUT2D eigenvalue weighted by atomic mass is 127. The van der Waals surface area contributed by atoms with Crippen LogP contribution in [0, 0.1) is 3.70 Å². The molecule has 0 fully saturated rings. The molecule has 0 aliphatic carbocycles. The first-order valence-corrected chi connectivity index (χ1v) is 5.73. The van der Waals surface area contributed by atoms with Gasteiger partial charge in [0.25, 0.3) is 5.91 Å². The SMILES string of the molecule is Cn1ccc(NC(=O)c2nc(I)cnc2N)n1. The van der Waals surface area contributed by atoms with E-state index in [-0.39, 0.29) is 11.5 Å². The van der Waals surface area contributed by atoms with Crippen molar-refractivity contribution in [3.8, 4) is 0 Å². The van der Waals surface area contributed by atoms with Gasteiger partial charge in [0.05, 0.1) is 6.20 Å². The van der Waals surface area contributed by atoms with Crippen molar-refractivity contribution in [3.05, 3.63) is 27.9 Å². The molecule has 7 nitrogen and oxygen atoms in total. The van der Waals surface area contributed by atoms with Gasteiger partial charge in [0, 0.05) is 19.3 Å². The van der Waals surface area contributed by atoms with Crippen LogP contribution in [-0.2, 0) is 7.05 Å². The van der Waals surface area contributed by atoms with Gasteiger partial charge in [-0.25, -0.2) is 9.97 Å². The fourth-order valence-corrected chi connectivity index (χ4v) is 1.58. The van der Waals surface area contributed by atoms with E-state index in [1.54, 1.807) is 24.0 Å². The van der Waals surface area contributed by atoms with Gasteiger partial charge in [0.2, 0.25) is 0 Å². The minimum absolute atomic E-state index is 0.0962. The molecule has 8 heteroatoms. The Morgan fingerprint density at radius 2 is 2.35 bits per heavy atom. The fraction of sp³-hybridized carbons (Fsp3) is 0.111. The summed E-state index contributed by atoms with van der Waals surface area (Å²) in [5.41, 5.74) is 5.69. The van der Waals surface area contributed by atoms with Crippen molar-refractivity contribution in [1.82, 2.24) is 19.7 Å². The Morgan fingerprint density at radius 1 is 1.59 bits per heavy atom. The van der Waals surface area contributed by atoms with E-state index < -0.39 is 5.91 Å². The van der Waals surface area contributed by atoms with Crippen LogP contribution in [0.15, 0.2) is 18.5 Å². The quantitative estimate of drug-likeness (QED) is 0.780. The third-order valence-electron chi connectivity index (χ3n) is 1.94. The maximum atomic E-state index is 11.9. The first kappa shape index (κ1) is 11.8. The van der Waals surface area contributed by atoms with E-state index in [9.17, 15) is 4.79 Å². The Morgan fingerprint density at radius 3 is 3.00 bits per heavy atom. The molecule has 88 valence electrons. The van der Waals surface area contributed by atoms with E-state index in [2.05, 4.69) is 20.4 Å². The molecule has 2 aromatic heterocycles. The average Bonchev–Trinajstić information content (AvgIpc) is 2.67. The van der Waals surface area contributed by atoms with Crippen LogP contribution < -0.4 is 11.1 Å². The normalized spacial score (nSPS) is 10.2. The molecule has 2 aromatic rings. The number of carbonyl (C=O) groups is 1. The third kappa shape index (κ3) is 2.70. The summed E-state index contributed by atoms with van der Waals surface area (Å²) in [6.07, 6.45) is 3.22. The Hall–Kier alpha value is -1.71. The summed E-state index contributed by atoms with van der Waals surface area (Å²) in [6.45, 7) is 0. The Kier molecular flexibility index (Phi) is 3.22. The molecule has 3 N–H and O–H groups in total. The molecule has 0 unspecified atom stereocenters. The lowest BCUT2D eigenvalue weighted by atomic mass is 10.4. The highest BCUT2D eigenvalue weighted by molar-refractivity contribution is 14.1. The smallest absolute Gasteiger partial charge is 0.279 e. The number of hydrogen-bond acceptors (Lipinski definition) is 5. The monoisotopic (exact) mass is 344 g/mol. The Labute approximate surface area is 111 Å². The van der Waals surface area contributed by atoms with Crippen molar-refractivity contribution in [1.29, 1.82) is 0 Å². The van der Waals surface area contributed by atoms with Crippen molar-refractivity contribution >= 4 is 40.1 Å². The van der Waals surface area contributed by atoms with Gasteiger partial charge in [-0.1, -0.05) is 0 Å². The first-order chi connectivity index (χ1) is 8.06. The van der Waals surface area contributed by atoms with Gasteiger partial charge in [0.1, 0.15) is 3.70 Å². The number of carbonyl (C=O) groups excluding carboxylic acids is 1. The number of amides is 1. The topological polar surface area (TPSA) is 98.7 Å². The molecule has 0 radical (unpaired) electrons. The predicted octanol–water partition coefficient (Wildman–Crippen LogP) is 0.649. The standard InChI is InChI=1S/C9H9IN6O/c1-16-3-2-6(15-16)14-9(17)7-8(11)12-4-5(10)13-7/h2-4H,1H3,(H2,11,12)(H,14,15,17). The van der Waals surface area contributed by atoms with Crippen LogP contribution >= 0.6 is 22.6 Å². The fourth-order valence-electron chi connectivity index (χ4n) is 1.20. The Balaban J connectivity index is 2.22. The van der Waals surface area contributed by atoms with Crippen LogP contribution in [0.5, 0.6) is 0 Å². The zero-order chi connectivity index (χ0) is 12.4. The zero-order valence-corrected chi connectivity index (χ0v) is 11.0. The van der Waals surface area contributed by atoms with E-state index >= 15 is 0 Å². The van der Waals surface area contributed by atoms with Gasteiger partial charge in [-0.05, 0) is 22.6 Å². The van der Waals surface area contributed by atoms with Crippen LogP contribution in [-0.4, -0.2) is 25.7 Å². The second-order valence-electron chi connectivity index (χ2n) is 3.26. The third-order valence-corrected chi connectivity index (χ3v) is 2.46. The number of anilines is 2. The maximum absolute atomic E-state index is 11.9.